The van der Waals surface area contributed by atoms with Crippen LogP contribution in [0.15, 0.2) is 54.7 Å². The first-order valence-electron chi connectivity index (χ1n) is 9.95. The minimum absolute atomic E-state index is 0.361. The molecule has 140 valence electrons. The van der Waals surface area contributed by atoms with Crippen molar-refractivity contribution in [2.24, 2.45) is 0 Å². The molecule has 2 aromatic heterocycles. The maximum atomic E-state index is 4.56. The molecule has 0 spiro atoms. The van der Waals surface area contributed by atoms with Crippen LogP contribution in [0.1, 0.15) is 41.3 Å². The Morgan fingerprint density at radius 2 is 2.00 bits per heavy atom. The van der Waals surface area contributed by atoms with E-state index in [4.69, 9.17) is 0 Å². The molecule has 2 N–H and O–H groups in total. The number of fused-ring (bicyclic) bond motifs is 2. The van der Waals surface area contributed by atoms with Crippen molar-refractivity contribution < 1.29 is 0 Å². The summed E-state index contributed by atoms with van der Waals surface area (Å²) in [5.41, 5.74) is 9.63. The number of nitrogens with zero attached hydrogens (tertiary/aromatic N) is 2. The number of H-pyrrole nitrogens is 1. The SMILES string of the molecule is Cc1cc(-c2n[nH]c3ccc(NC4CCCc5c(C)cccc54)cc23)ccn1. The van der Waals surface area contributed by atoms with Gasteiger partial charge in [0, 0.05) is 28.5 Å². The molecule has 1 unspecified atom stereocenters. The number of rotatable bonds is 3. The number of aromatic amines is 1. The zero-order valence-corrected chi connectivity index (χ0v) is 16.3. The summed E-state index contributed by atoms with van der Waals surface area (Å²) in [6.07, 6.45) is 5.42. The zero-order chi connectivity index (χ0) is 19.1. The summed E-state index contributed by atoms with van der Waals surface area (Å²) < 4.78 is 0. The van der Waals surface area contributed by atoms with Gasteiger partial charge in [-0.15, -0.1) is 0 Å². The lowest BCUT2D eigenvalue weighted by Gasteiger charge is -2.28. The van der Waals surface area contributed by atoms with E-state index in [0.29, 0.717) is 6.04 Å². The van der Waals surface area contributed by atoms with Crippen molar-refractivity contribution in [2.75, 3.05) is 5.32 Å². The lowest BCUT2D eigenvalue weighted by molar-refractivity contribution is 0.598. The van der Waals surface area contributed by atoms with Gasteiger partial charge in [0.1, 0.15) is 5.69 Å². The van der Waals surface area contributed by atoms with Crippen molar-refractivity contribution in [3.63, 3.8) is 0 Å². The number of aryl methyl sites for hydroxylation is 2. The predicted octanol–water partition coefficient (Wildman–Crippen LogP) is 5.73. The summed E-state index contributed by atoms with van der Waals surface area (Å²) in [6, 6.07) is 17.6. The van der Waals surface area contributed by atoms with Crippen LogP contribution < -0.4 is 5.32 Å². The highest BCUT2D eigenvalue weighted by atomic mass is 15.1. The Hall–Kier alpha value is -3.14. The fourth-order valence-corrected chi connectivity index (χ4v) is 4.40. The Bertz CT molecular complexity index is 1160. The second-order valence-corrected chi connectivity index (χ2v) is 7.75. The molecular weight excluding hydrogens is 344 g/mol. The van der Waals surface area contributed by atoms with E-state index in [0.717, 1.165) is 40.0 Å². The lowest BCUT2D eigenvalue weighted by Crippen LogP contribution is -2.18. The smallest absolute Gasteiger partial charge is 0.100 e. The van der Waals surface area contributed by atoms with Gasteiger partial charge in [0.15, 0.2) is 0 Å². The van der Waals surface area contributed by atoms with E-state index in [1.807, 2.05) is 19.2 Å². The average Bonchev–Trinajstić information content (AvgIpc) is 3.12. The number of hydrogen-bond donors (Lipinski definition) is 2. The summed E-state index contributed by atoms with van der Waals surface area (Å²) in [7, 11) is 0. The molecule has 0 saturated carbocycles. The van der Waals surface area contributed by atoms with Gasteiger partial charge in [-0.2, -0.15) is 5.10 Å². The fourth-order valence-electron chi connectivity index (χ4n) is 4.40. The second-order valence-electron chi connectivity index (χ2n) is 7.75. The summed E-state index contributed by atoms with van der Waals surface area (Å²) in [5, 5.41) is 12.6. The van der Waals surface area contributed by atoms with Crippen LogP contribution in [-0.2, 0) is 6.42 Å². The first kappa shape index (κ1) is 17.0. The van der Waals surface area contributed by atoms with E-state index in [2.05, 4.69) is 69.9 Å². The number of anilines is 1. The first-order chi connectivity index (χ1) is 13.7. The van der Waals surface area contributed by atoms with Crippen molar-refractivity contribution in [2.45, 2.75) is 39.2 Å². The van der Waals surface area contributed by atoms with Crippen molar-refractivity contribution in [3.8, 4) is 11.3 Å². The van der Waals surface area contributed by atoms with Crippen molar-refractivity contribution in [1.29, 1.82) is 0 Å². The van der Waals surface area contributed by atoms with Crippen LogP contribution in [0, 0.1) is 13.8 Å². The van der Waals surface area contributed by atoms with E-state index in [1.54, 1.807) is 0 Å². The van der Waals surface area contributed by atoms with E-state index in [9.17, 15) is 0 Å². The number of hydrogen-bond acceptors (Lipinski definition) is 3. The monoisotopic (exact) mass is 368 g/mol. The van der Waals surface area contributed by atoms with E-state index in [-0.39, 0.29) is 0 Å². The quantitative estimate of drug-likeness (QED) is 0.485. The molecule has 1 aliphatic carbocycles. The van der Waals surface area contributed by atoms with Gasteiger partial charge in [0.05, 0.1) is 11.6 Å². The van der Waals surface area contributed by atoms with Gasteiger partial charge in [-0.25, -0.2) is 0 Å². The normalized spacial score (nSPS) is 16.1. The molecular formula is C24H24N4. The number of nitrogens with one attached hydrogen (secondary N) is 2. The topological polar surface area (TPSA) is 53.6 Å². The highest BCUT2D eigenvalue weighted by Gasteiger charge is 2.21. The van der Waals surface area contributed by atoms with Crippen LogP contribution in [0.5, 0.6) is 0 Å². The largest absolute Gasteiger partial charge is 0.378 e. The minimum Gasteiger partial charge on any atom is -0.378 e. The molecule has 4 heteroatoms. The number of benzene rings is 2. The molecule has 1 atom stereocenters. The third-order valence-electron chi connectivity index (χ3n) is 5.82. The van der Waals surface area contributed by atoms with Crippen LogP contribution in [0.25, 0.3) is 22.2 Å². The predicted molar refractivity (Wildman–Crippen MR) is 115 cm³/mol. The fraction of sp³-hybridized carbons (Fsp3) is 0.250. The van der Waals surface area contributed by atoms with E-state index < -0.39 is 0 Å². The molecule has 0 fully saturated rings. The van der Waals surface area contributed by atoms with E-state index >= 15 is 0 Å². The minimum atomic E-state index is 0.361. The maximum absolute atomic E-state index is 4.56. The van der Waals surface area contributed by atoms with Crippen LogP contribution in [-0.4, -0.2) is 15.2 Å². The second kappa shape index (κ2) is 6.79. The molecule has 0 radical (unpaired) electrons. The van der Waals surface area contributed by atoms with Gasteiger partial charge >= 0.3 is 0 Å². The molecule has 4 nitrogen and oxygen atoms in total. The maximum Gasteiger partial charge on any atom is 0.100 e. The van der Waals surface area contributed by atoms with Gasteiger partial charge in [-0.05, 0) is 80.1 Å². The summed E-state index contributed by atoms with van der Waals surface area (Å²) in [4.78, 5) is 4.30. The summed E-state index contributed by atoms with van der Waals surface area (Å²) in [6.45, 7) is 4.23. The van der Waals surface area contributed by atoms with Crippen LogP contribution in [0.3, 0.4) is 0 Å². The van der Waals surface area contributed by atoms with Crippen molar-refractivity contribution >= 4 is 16.6 Å². The number of pyridine rings is 1. The number of aromatic nitrogens is 3. The van der Waals surface area contributed by atoms with Crippen molar-refractivity contribution in [3.05, 3.63) is 77.1 Å². The highest BCUT2D eigenvalue weighted by Crippen LogP contribution is 2.35. The molecule has 5 rings (SSSR count). The third-order valence-corrected chi connectivity index (χ3v) is 5.82. The molecule has 0 aliphatic heterocycles. The molecule has 0 bridgehead atoms. The van der Waals surface area contributed by atoms with Crippen LogP contribution in [0.4, 0.5) is 5.69 Å². The standard InChI is InChI=1S/C24H24N4/c1-15-5-3-7-20-19(15)6-4-8-22(20)26-18-9-10-23-21(14-18)24(28-27-23)17-11-12-25-16(2)13-17/h3,5,7,9-14,22,26H,4,6,8H2,1-2H3,(H,27,28). The molecule has 28 heavy (non-hydrogen) atoms. The first-order valence-corrected chi connectivity index (χ1v) is 9.95. The molecule has 4 aromatic rings. The lowest BCUT2D eigenvalue weighted by atomic mass is 9.85. The zero-order valence-electron chi connectivity index (χ0n) is 16.3. The molecule has 2 heterocycles. The average molecular weight is 368 g/mol. The Morgan fingerprint density at radius 3 is 2.89 bits per heavy atom. The summed E-state index contributed by atoms with van der Waals surface area (Å²) in [5.74, 6) is 0. The Balaban J connectivity index is 1.52. The Labute approximate surface area is 165 Å². The molecule has 0 saturated heterocycles. The molecule has 0 amide bonds. The van der Waals surface area contributed by atoms with Gasteiger partial charge < -0.3 is 5.32 Å². The van der Waals surface area contributed by atoms with E-state index in [1.165, 1.54) is 29.5 Å². The highest BCUT2D eigenvalue weighted by molar-refractivity contribution is 5.94. The van der Waals surface area contributed by atoms with Gasteiger partial charge in [0.25, 0.3) is 0 Å². The molecule has 1 aliphatic rings. The Morgan fingerprint density at radius 1 is 1.07 bits per heavy atom. The van der Waals surface area contributed by atoms with Gasteiger partial charge in [-0.3, -0.25) is 10.1 Å². The van der Waals surface area contributed by atoms with Crippen LogP contribution >= 0.6 is 0 Å². The van der Waals surface area contributed by atoms with Gasteiger partial charge in [0.2, 0.25) is 0 Å². The third kappa shape index (κ3) is 2.95. The Kier molecular flexibility index (Phi) is 4.12. The van der Waals surface area contributed by atoms with Crippen molar-refractivity contribution in [1.82, 2.24) is 15.2 Å². The summed E-state index contributed by atoms with van der Waals surface area (Å²) >= 11 is 0. The van der Waals surface area contributed by atoms with Crippen LogP contribution in [0.2, 0.25) is 0 Å². The molecule has 2 aromatic carbocycles. The van der Waals surface area contributed by atoms with Gasteiger partial charge in [-0.1, -0.05) is 18.2 Å².